The van der Waals surface area contributed by atoms with Gasteiger partial charge in [0.15, 0.2) is 11.5 Å². The molecule has 1 aliphatic heterocycles. The fourth-order valence-electron chi connectivity index (χ4n) is 4.01. The first kappa shape index (κ1) is 23.2. The van der Waals surface area contributed by atoms with Crippen molar-refractivity contribution >= 4 is 17.3 Å². The quantitative estimate of drug-likeness (QED) is 0.550. The summed E-state index contributed by atoms with van der Waals surface area (Å²) in [5.74, 6) is 0.916. The van der Waals surface area contributed by atoms with Crippen LogP contribution in [0.2, 0.25) is 5.02 Å². The average molecular weight is 487 g/mol. The molecule has 0 saturated heterocycles. The van der Waals surface area contributed by atoms with Gasteiger partial charge in [0.25, 0.3) is 5.56 Å². The lowest BCUT2D eigenvalue weighted by Crippen LogP contribution is -2.33. The van der Waals surface area contributed by atoms with Crippen molar-refractivity contribution in [2.24, 2.45) is 5.10 Å². The number of hydrogen-bond acceptors (Lipinski definition) is 8. The summed E-state index contributed by atoms with van der Waals surface area (Å²) in [6, 6.07) is 9.60. The molecule has 4 rings (SSSR count). The van der Waals surface area contributed by atoms with Crippen molar-refractivity contribution in [3.05, 3.63) is 73.4 Å². The molecule has 1 aliphatic rings. The summed E-state index contributed by atoms with van der Waals surface area (Å²) in [6.45, 7) is 0. The summed E-state index contributed by atoms with van der Waals surface area (Å²) >= 11 is 5.93. The van der Waals surface area contributed by atoms with Crippen molar-refractivity contribution < 1.29 is 19.3 Å². The Morgan fingerprint density at radius 3 is 2.24 bits per heavy atom. The predicted octanol–water partition coefficient (Wildman–Crippen LogP) is 2.69. The van der Waals surface area contributed by atoms with Gasteiger partial charge in [-0.3, -0.25) is 14.8 Å². The van der Waals surface area contributed by atoms with Gasteiger partial charge in [0.2, 0.25) is 11.6 Å². The largest absolute Gasteiger partial charge is 0.493 e. The molecular weight excluding hydrogens is 464 g/mol. The van der Waals surface area contributed by atoms with Crippen LogP contribution in [0, 0.1) is 0 Å². The zero-order valence-corrected chi connectivity index (χ0v) is 19.7. The predicted molar refractivity (Wildman–Crippen MR) is 127 cm³/mol. The van der Waals surface area contributed by atoms with Crippen LogP contribution in [-0.2, 0) is 0 Å². The van der Waals surface area contributed by atoms with Crippen LogP contribution in [0.5, 0.6) is 23.1 Å². The number of nitrogens with zero attached hydrogens (tertiary/aromatic N) is 3. The Labute approximate surface area is 199 Å². The molecule has 0 unspecified atom stereocenters. The number of methoxy groups -OCH3 is 3. The van der Waals surface area contributed by atoms with Crippen molar-refractivity contribution in [2.75, 3.05) is 28.4 Å². The van der Waals surface area contributed by atoms with Crippen molar-refractivity contribution in [1.29, 1.82) is 0 Å². The lowest BCUT2D eigenvalue weighted by Gasteiger charge is -2.21. The first-order chi connectivity index (χ1) is 16.3. The van der Waals surface area contributed by atoms with Gasteiger partial charge in [-0.25, -0.2) is 9.36 Å². The van der Waals surface area contributed by atoms with Crippen molar-refractivity contribution in [2.45, 2.75) is 12.5 Å². The average Bonchev–Trinajstić information content (AvgIpc) is 3.19. The third-order valence-corrected chi connectivity index (χ3v) is 5.90. The van der Waals surface area contributed by atoms with Crippen molar-refractivity contribution in [3.63, 3.8) is 0 Å². The van der Waals surface area contributed by atoms with Gasteiger partial charge < -0.3 is 19.3 Å². The third-order valence-electron chi connectivity index (χ3n) is 5.65. The number of halogens is 1. The molecule has 2 aromatic carbocycles. The van der Waals surface area contributed by atoms with E-state index in [0.29, 0.717) is 33.7 Å². The first-order valence-corrected chi connectivity index (χ1v) is 10.6. The minimum atomic E-state index is -0.776. The van der Waals surface area contributed by atoms with Gasteiger partial charge in [-0.15, -0.1) is 0 Å². The van der Waals surface area contributed by atoms with Gasteiger partial charge in [-0.1, -0.05) is 11.6 Å². The van der Waals surface area contributed by atoms with Crippen LogP contribution in [0.15, 0.2) is 51.1 Å². The maximum absolute atomic E-state index is 12.7. The number of nitrogens with one attached hydrogen (secondary N) is 1. The molecule has 0 amide bonds. The number of benzene rings is 2. The molecular formula is C23H23ClN4O6. The van der Waals surface area contributed by atoms with Crippen LogP contribution < -0.4 is 25.5 Å². The molecule has 34 heavy (non-hydrogen) atoms. The van der Waals surface area contributed by atoms with Crippen LogP contribution in [0.25, 0.3) is 5.69 Å². The molecule has 0 fully saturated rings. The minimum Gasteiger partial charge on any atom is -0.493 e. The summed E-state index contributed by atoms with van der Waals surface area (Å²) in [5, 5.41) is 17.6. The first-order valence-electron chi connectivity index (χ1n) is 10.2. The summed E-state index contributed by atoms with van der Waals surface area (Å²) in [5.41, 5.74) is -0.124. The smallest absolute Gasteiger partial charge is 0.335 e. The summed E-state index contributed by atoms with van der Waals surface area (Å²) in [7, 11) is 6.33. The topological polar surface area (TPSA) is 118 Å². The standard InChI is InChI=1S/C23H23ClN4O6/c1-27-16(12-9-17(32-2)20(34-4)18(10-12)33-3)11-15(26-27)19-21(29)25-23(31)28(22(19)30)14-7-5-13(24)6-8-14/h5-10,16,30H,11H2,1-4H3,(H,25,29,31)/t16-/m0/s1. The number of aromatic amines is 1. The third kappa shape index (κ3) is 3.96. The van der Waals surface area contributed by atoms with E-state index in [-0.39, 0.29) is 18.0 Å². The zero-order chi connectivity index (χ0) is 24.6. The second-order valence-electron chi connectivity index (χ2n) is 7.57. The van der Waals surface area contributed by atoms with E-state index in [2.05, 4.69) is 10.1 Å². The highest BCUT2D eigenvalue weighted by Gasteiger charge is 2.32. The molecule has 1 atom stereocenters. The maximum Gasteiger partial charge on any atom is 0.335 e. The second-order valence-corrected chi connectivity index (χ2v) is 8.01. The summed E-state index contributed by atoms with van der Waals surface area (Å²) in [6.07, 6.45) is 0.282. The van der Waals surface area contributed by atoms with Gasteiger partial charge >= 0.3 is 5.69 Å². The zero-order valence-electron chi connectivity index (χ0n) is 19.0. The highest BCUT2D eigenvalue weighted by atomic mass is 35.5. The van der Waals surface area contributed by atoms with Crippen LogP contribution in [0.1, 0.15) is 23.6 Å². The molecule has 3 aromatic rings. The summed E-state index contributed by atoms with van der Waals surface area (Å²) in [4.78, 5) is 27.5. The lowest BCUT2D eigenvalue weighted by molar-refractivity contribution is 0.284. The SMILES string of the molecule is COc1cc([C@@H]2CC(c3c(O)n(-c4ccc(Cl)cc4)c(=O)[nH]c3=O)=NN2C)cc(OC)c1OC. The fraction of sp³-hybridized carbons (Fsp3) is 0.261. The Hall–Kier alpha value is -3.92. The van der Waals surface area contributed by atoms with E-state index in [9.17, 15) is 14.7 Å². The number of aromatic nitrogens is 2. The Kier molecular flexibility index (Phi) is 6.25. The van der Waals surface area contributed by atoms with Crippen LogP contribution >= 0.6 is 11.6 Å². The van der Waals surface area contributed by atoms with E-state index < -0.39 is 17.1 Å². The molecule has 0 saturated carbocycles. The highest BCUT2D eigenvalue weighted by Crippen LogP contribution is 2.42. The van der Waals surface area contributed by atoms with Gasteiger partial charge in [0.1, 0.15) is 5.56 Å². The summed E-state index contributed by atoms with van der Waals surface area (Å²) < 4.78 is 17.3. The molecule has 10 nitrogen and oxygen atoms in total. The second kappa shape index (κ2) is 9.14. The highest BCUT2D eigenvalue weighted by molar-refractivity contribution is 6.30. The molecule has 0 radical (unpaired) electrons. The maximum atomic E-state index is 12.7. The Morgan fingerprint density at radius 2 is 1.68 bits per heavy atom. The molecule has 0 bridgehead atoms. The number of aromatic hydroxyl groups is 1. The van der Waals surface area contributed by atoms with Gasteiger partial charge in [0.05, 0.1) is 38.8 Å². The normalized spacial score (nSPS) is 15.3. The van der Waals surface area contributed by atoms with Crippen LogP contribution in [0.4, 0.5) is 0 Å². The molecule has 178 valence electrons. The minimum absolute atomic E-state index is 0.0867. The van der Waals surface area contributed by atoms with E-state index in [0.717, 1.165) is 10.1 Å². The van der Waals surface area contributed by atoms with Gasteiger partial charge in [-0.2, -0.15) is 5.10 Å². The number of ether oxygens (including phenoxy) is 3. The number of H-pyrrole nitrogens is 1. The number of hydrazone groups is 1. The Morgan fingerprint density at radius 1 is 1.06 bits per heavy atom. The van der Waals surface area contributed by atoms with E-state index in [4.69, 9.17) is 25.8 Å². The van der Waals surface area contributed by atoms with Crippen LogP contribution in [0.3, 0.4) is 0 Å². The molecule has 0 spiro atoms. The Bertz CT molecular complexity index is 1350. The fourth-order valence-corrected chi connectivity index (χ4v) is 4.14. The molecule has 2 N–H and O–H groups in total. The number of hydrogen-bond donors (Lipinski definition) is 2. The van der Waals surface area contributed by atoms with Gasteiger partial charge in [0, 0.05) is 18.5 Å². The van der Waals surface area contributed by atoms with E-state index in [1.807, 2.05) is 0 Å². The molecule has 1 aromatic heterocycles. The van der Waals surface area contributed by atoms with Crippen molar-refractivity contribution in [3.8, 4) is 28.8 Å². The monoisotopic (exact) mass is 486 g/mol. The van der Waals surface area contributed by atoms with E-state index >= 15 is 0 Å². The Balaban J connectivity index is 1.77. The van der Waals surface area contributed by atoms with Gasteiger partial charge in [-0.05, 0) is 42.0 Å². The van der Waals surface area contributed by atoms with E-state index in [1.54, 1.807) is 48.5 Å². The van der Waals surface area contributed by atoms with Crippen LogP contribution in [-0.4, -0.2) is 53.8 Å². The van der Waals surface area contributed by atoms with E-state index in [1.165, 1.54) is 21.3 Å². The van der Waals surface area contributed by atoms with Crippen molar-refractivity contribution in [1.82, 2.24) is 14.6 Å². The molecule has 2 heterocycles. The number of rotatable bonds is 6. The molecule has 0 aliphatic carbocycles. The lowest BCUT2D eigenvalue weighted by atomic mass is 9.98. The molecule has 11 heteroatoms.